The predicted octanol–water partition coefficient (Wildman–Crippen LogP) is 4.07. The van der Waals surface area contributed by atoms with Crippen LogP contribution in [0.1, 0.15) is 23.5 Å². The normalized spacial score (nSPS) is 11.1. The number of thiazole rings is 1. The number of hydrogen-bond donors (Lipinski definition) is 1. The Morgan fingerprint density at radius 1 is 1.28 bits per heavy atom. The van der Waals surface area contributed by atoms with Crippen molar-refractivity contribution in [2.24, 2.45) is 0 Å². The van der Waals surface area contributed by atoms with Gasteiger partial charge >= 0.3 is 0 Å². The maximum atomic E-state index is 12.6. The molecule has 0 atom stereocenters. The number of carbonyl (C=O) groups excluding carboxylic acids is 1. The van der Waals surface area contributed by atoms with Gasteiger partial charge in [0.05, 0.1) is 22.9 Å². The van der Waals surface area contributed by atoms with Crippen molar-refractivity contribution >= 4 is 33.3 Å². The number of nitrogens with zero attached hydrogens (tertiary/aromatic N) is 3. The summed E-state index contributed by atoms with van der Waals surface area (Å²) in [6, 6.07) is 7.43. The quantitative estimate of drug-likeness (QED) is 0.538. The Kier molecular flexibility index (Phi) is 5.02. The fourth-order valence-electron chi connectivity index (χ4n) is 3.24. The minimum Gasteiger partial charge on any atom is -0.466 e. The number of aryl methyl sites for hydroxylation is 4. The van der Waals surface area contributed by atoms with Crippen molar-refractivity contribution in [2.75, 3.05) is 5.32 Å². The summed E-state index contributed by atoms with van der Waals surface area (Å²) < 4.78 is 7.00. The Labute approximate surface area is 171 Å². The smallest absolute Gasteiger partial charge is 0.261 e. The van der Waals surface area contributed by atoms with Crippen molar-refractivity contribution in [3.63, 3.8) is 0 Å². The van der Waals surface area contributed by atoms with Gasteiger partial charge in [0.25, 0.3) is 5.56 Å². The standard InChI is InChI=1S/C21H20N4O3S/c1-12-5-4-6-15-19(12)22-11-25(20(15)27)8-7-18(26)24-21-23-17(10-29-21)16-9-13(2)28-14(16)3/h4-6,9-11H,7-8H2,1-3H3,(H,23,24,26). The molecule has 3 aromatic heterocycles. The van der Waals surface area contributed by atoms with Crippen molar-refractivity contribution < 1.29 is 9.21 Å². The molecule has 1 aromatic carbocycles. The predicted molar refractivity (Wildman–Crippen MR) is 113 cm³/mol. The lowest BCUT2D eigenvalue weighted by Gasteiger charge is -2.07. The van der Waals surface area contributed by atoms with Crippen LogP contribution >= 0.6 is 11.3 Å². The molecule has 0 saturated heterocycles. The van der Waals surface area contributed by atoms with E-state index in [0.29, 0.717) is 16.0 Å². The summed E-state index contributed by atoms with van der Waals surface area (Å²) in [6.45, 7) is 5.94. The number of furan rings is 1. The van der Waals surface area contributed by atoms with E-state index in [1.54, 1.807) is 6.07 Å². The van der Waals surface area contributed by atoms with Gasteiger partial charge in [0, 0.05) is 23.9 Å². The molecular formula is C21H20N4O3S. The SMILES string of the molecule is Cc1cc(-c2csc(NC(=O)CCn3cnc4c(C)cccc4c3=O)n2)c(C)o1. The average Bonchev–Trinajstić information content (AvgIpc) is 3.27. The van der Waals surface area contributed by atoms with E-state index in [9.17, 15) is 9.59 Å². The maximum absolute atomic E-state index is 12.6. The molecular weight excluding hydrogens is 388 g/mol. The third-order valence-corrected chi connectivity index (χ3v) is 5.46. The van der Waals surface area contributed by atoms with Crippen LogP contribution in [0.2, 0.25) is 0 Å². The monoisotopic (exact) mass is 408 g/mol. The number of hydrogen-bond acceptors (Lipinski definition) is 6. The number of benzene rings is 1. The number of para-hydroxylation sites is 1. The fraction of sp³-hybridized carbons (Fsp3) is 0.238. The van der Waals surface area contributed by atoms with Gasteiger partial charge in [-0.25, -0.2) is 9.97 Å². The van der Waals surface area contributed by atoms with E-state index in [2.05, 4.69) is 15.3 Å². The van der Waals surface area contributed by atoms with Gasteiger partial charge in [-0.3, -0.25) is 14.2 Å². The molecule has 0 saturated carbocycles. The van der Waals surface area contributed by atoms with Crippen LogP contribution in [0.5, 0.6) is 0 Å². The summed E-state index contributed by atoms with van der Waals surface area (Å²) in [5.74, 6) is 1.41. The van der Waals surface area contributed by atoms with Gasteiger partial charge < -0.3 is 9.73 Å². The van der Waals surface area contributed by atoms with Gasteiger partial charge in [0.15, 0.2) is 5.13 Å². The van der Waals surface area contributed by atoms with E-state index in [0.717, 1.165) is 28.3 Å². The molecule has 3 heterocycles. The van der Waals surface area contributed by atoms with Crippen LogP contribution < -0.4 is 10.9 Å². The van der Waals surface area contributed by atoms with Gasteiger partial charge in [-0.1, -0.05) is 12.1 Å². The molecule has 0 aliphatic carbocycles. The topological polar surface area (TPSA) is 90.0 Å². The highest BCUT2D eigenvalue weighted by Crippen LogP contribution is 2.29. The van der Waals surface area contributed by atoms with Crippen molar-refractivity contribution in [1.29, 1.82) is 0 Å². The number of nitrogens with one attached hydrogen (secondary N) is 1. The van der Waals surface area contributed by atoms with Crippen LogP contribution in [0, 0.1) is 20.8 Å². The number of carbonyl (C=O) groups is 1. The van der Waals surface area contributed by atoms with Crippen molar-refractivity contribution in [2.45, 2.75) is 33.7 Å². The molecule has 7 nitrogen and oxygen atoms in total. The summed E-state index contributed by atoms with van der Waals surface area (Å²) in [6.07, 6.45) is 1.65. The Morgan fingerprint density at radius 3 is 2.86 bits per heavy atom. The number of anilines is 1. The largest absolute Gasteiger partial charge is 0.466 e. The second-order valence-electron chi connectivity index (χ2n) is 6.88. The molecule has 0 radical (unpaired) electrons. The summed E-state index contributed by atoms with van der Waals surface area (Å²) in [7, 11) is 0. The van der Waals surface area contributed by atoms with E-state index < -0.39 is 0 Å². The Hall–Kier alpha value is -3.26. The number of rotatable bonds is 5. The number of aromatic nitrogens is 3. The van der Waals surface area contributed by atoms with Crippen LogP contribution in [0.15, 0.2) is 45.2 Å². The molecule has 29 heavy (non-hydrogen) atoms. The van der Waals surface area contributed by atoms with Crippen molar-refractivity contribution in [1.82, 2.24) is 14.5 Å². The lowest BCUT2D eigenvalue weighted by Crippen LogP contribution is -2.23. The van der Waals surface area contributed by atoms with Gasteiger partial charge in [0.1, 0.15) is 11.5 Å². The maximum Gasteiger partial charge on any atom is 0.261 e. The molecule has 4 rings (SSSR count). The Morgan fingerprint density at radius 2 is 2.10 bits per heavy atom. The van der Waals surface area contributed by atoms with E-state index >= 15 is 0 Å². The van der Waals surface area contributed by atoms with Crippen LogP contribution in [0.25, 0.3) is 22.2 Å². The Balaban J connectivity index is 1.43. The van der Waals surface area contributed by atoms with Gasteiger partial charge in [-0.05, 0) is 38.5 Å². The molecule has 0 aliphatic rings. The molecule has 4 aromatic rings. The minimum absolute atomic E-state index is 0.145. The first-order chi connectivity index (χ1) is 13.9. The van der Waals surface area contributed by atoms with E-state index in [4.69, 9.17) is 4.42 Å². The molecule has 8 heteroatoms. The molecule has 0 bridgehead atoms. The van der Waals surface area contributed by atoms with Crippen molar-refractivity contribution in [3.05, 3.63) is 63.4 Å². The lowest BCUT2D eigenvalue weighted by molar-refractivity contribution is -0.116. The fourth-order valence-corrected chi connectivity index (χ4v) is 3.97. The number of amides is 1. The lowest BCUT2D eigenvalue weighted by atomic mass is 10.1. The van der Waals surface area contributed by atoms with Gasteiger partial charge in [0.2, 0.25) is 5.91 Å². The summed E-state index contributed by atoms with van der Waals surface area (Å²) in [4.78, 5) is 33.8. The highest BCUT2D eigenvalue weighted by Gasteiger charge is 2.13. The van der Waals surface area contributed by atoms with Gasteiger partial charge in [-0.15, -0.1) is 11.3 Å². The second-order valence-corrected chi connectivity index (χ2v) is 7.74. The van der Waals surface area contributed by atoms with Crippen LogP contribution in [0.3, 0.4) is 0 Å². The average molecular weight is 408 g/mol. The highest BCUT2D eigenvalue weighted by molar-refractivity contribution is 7.14. The first kappa shape index (κ1) is 19.1. The molecule has 0 unspecified atom stereocenters. The molecule has 1 amide bonds. The Bertz CT molecular complexity index is 1270. The molecule has 148 valence electrons. The van der Waals surface area contributed by atoms with Crippen molar-refractivity contribution in [3.8, 4) is 11.3 Å². The second kappa shape index (κ2) is 7.63. The summed E-state index contributed by atoms with van der Waals surface area (Å²) in [5.41, 5.74) is 3.19. The van der Waals surface area contributed by atoms with E-state index in [-0.39, 0.29) is 24.4 Å². The number of fused-ring (bicyclic) bond motifs is 1. The summed E-state index contributed by atoms with van der Waals surface area (Å²) in [5, 5.41) is 5.75. The van der Waals surface area contributed by atoms with Crippen LogP contribution in [-0.2, 0) is 11.3 Å². The molecule has 0 fully saturated rings. The first-order valence-electron chi connectivity index (χ1n) is 9.20. The van der Waals surface area contributed by atoms with Crippen LogP contribution in [-0.4, -0.2) is 20.4 Å². The van der Waals surface area contributed by atoms with E-state index in [1.807, 2.05) is 44.4 Å². The van der Waals surface area contributed by atoms with Gasteiger partial charge in [-0.2, -0.15) is 0 Å². The highest BCUT2D eigenvalue weighted by atomic mass is 32.1. The van der Waals surface area contributed by atoms with Crippen LogP contribution in [0.4, 0.5) is 5.13 Å². The van der Waals surface area contributed by atoms with E-state index in [1.165, 1.54) is 22.2 Å². The third kappa shape index (κ3) is 3.84. The zero-order valence-electron chi connectivity index (χ0n) is 16.4. The third-order valence-electron chi connectivity index (χ3n) is 4.70. The molecule has 1 N–H and O–H groups in total. The summed E-state index contributed by atoms with van der Waals surface area (Å²) >= 11 is 1.35. The molecule has 0 spiro atoms. The zero-order valence-corrected chi connectivity index (χ0v) is 17.2. The first-order valence-corrected chi connectivity index (χ1v) is 10.1. The molecule has 0 aliphatic heterocycles. The minimum atomic E-state index is -0.206. The zero-order chi connectivity index (χ0) is 20.5.